The predicted molar refractivity (Wildman–Crippen MR) is 95.5 cm³/mol. The lowest BCUT2D eigenvalue weighted by Gasteiger charge is -2.11. The molecule has 1 aromatic heterocycles. The molecule has 1 unspecified atom stereocenters. The molecule has 6 nitrogen and oxygen atoms in total. The van der Waals surface area contributed by atoms with Gasteiger partial charge in [0.25, 0.3) is 5.91 Å². The van der Waals surface area contributed by atoms with E-state index in [1.165, 1.54) is 6.42 Å². The summed E-state index contributed by atoms with van der Waals surface area (Å²) in [6.07, 6.45) is 4.05. The van der Waals surface area contributed by atoms with Gasteiger partial charge in [-0.15, -0.1) is 12.4 Å². The topological polar surface area (TPSA) is 68.2 Å². The molecule has 1 fully saturated rings. The minimum absolute atomic E-state index is 0. The minimum atomic E-state index is -0.149. The smallest absolute Gasteiger partial charge is 0.271 e. The molecule has 1 aliphatic heterocycles. The van der Waals surface area contributed by atoms with Gasteiger partial charge >= 0.3 is 0 Å². The summed E-state index contributed by atoms with van der Waals surface area (Å²) >= 11 is 0. The molecule has 0 spiro atoms. The van der Waals surface area contributed by atoms with Crippen molar-refractivity contribution < 1.29 is 9.53 Å². The van der Waals surface area contributed by atoms with Gasteiger partial charge in [-0.05, 0) is 50.1 Å². The van der Waals surface area contributed by atoms with Crippen LogP contribution in [0.3, 0.4) is 0 Å². The van der Waals surface area contributed by atoms with Crippen LogP contribution >= 0.6 is 12.4 Å². The number of carbonyl (C=O) groups is 1. The number of aryl methyl sites for hydroxylation is 1. The highest BCUT2D eigenvalue weighted by Gasteiger charge is 2.17. The summed E-state index contributed by atoms with van der Waals surface area (Å²) in [4.78, 5) is 12.2. The summed E-state index contributed by atoms with van der Waals surface area (Å²) in [5.41, 5.74) is 2.34. The second-order valence-corrected chi connectivity index (χ2v) is 5.82. The van der Waals surface area contributed by atoms with E-state index >= 15 is 0 Å². The van der Waals surface area contributed by atoms with Gasteiger partial charge in [0.1, 0.15) is 11.4 Å². The molecule has 130 valence electrons. The number of carbonyl (C=O) groups excluding carboxylic acids is 1. The molecule has 1 aliphatic rings. The Labute approximate surface area is 148 Å². The molecule has 7 heteroatoms. The SMILES string of the molecule is COc1ccc(C)cc1-n1ccc(C(=O)NCC2CCCN2)n1.Cl. The molecule has 2 aromatic rings. The van der Waals surface area contributed by atoms with E-state index in [4.69, 9.17) is 4.74 Å². The van der Waals surface area contributed by atoms with E-state index in [-0.39, 0.29) is 18.3 Å². The van der Waals surface area contributed by atoms with Crippen molar-refractivity contribution in [3.63, 3.8) is 0 Å². The summed E-state index contributed by atoms with van der Waals surface area (Å²) in [7, 11) is 1.62. The minimum Gasteiger partial charge on any atom is -0.494 e. The number of rotatable bonds is 5. The van der Waals surface area contributed by atoms with Crippen molar-refractivity contribution in [3.8, 4) is 11.4 Å². The summed E-state index contributed by atoms with van der Waals surface area (Å²) in [5.74, 6) is 0.574. The Balaban J connectivity index is 0.00000208. The Kier molecular flexibility index (Phi) is 6.23. The average Bonchev–Trinajstić information content (AvgIpc) is 3.24. The zero-order chi connectivity index (χ0) is 16.2. The van der Waals surface area contributed by atoms with Crippen LogP contribution in [0.25, 0.3) is 5.69 Å². The fourth-order valence-corrected chi connectivity index (χ4v) is 2.80. The van der Waals surface area contributed by atoms with Crippen molar-refractivity contribution in [1.29, 1.82) is 0 Å². The van der Waals surface area contributed by atoms with E-state index in [0.29, 0.717) is 18.3 Å². The largest absolute Gasteiger partial charge is 0.494 e. The first-order valence-corrected chi connectivity index (χ1v) is 7.89. The van der Waals surface area contributed by atoms with Crippen molar-refractivity contribution in [3.05, 3.63) is 41.7 Å². The fourth-order valence-electron chi connectivity index (χ4n) is 2.80. The maximum absolute atomic E-state index is 12.2. The molecular formula is C17H23ClN4O2. The van der Waals surface area contributed by atoms with E-state index in [1.807, 2.05) is 25.1 Å². The first-order valence-electron chi connectivity index (χ1n) is 7.89. The molecule has 0 aliphatic carbocycles. The highest BCUT2D eigenvalue weighted by Crippen LogP contribution is 2.23. The lowest BCUT2D eigenvalue weighted by atomic mass is 10.2. The van der Waals surface area contributed by atoms with Gasteiger partial charge in [-0.3, -0.25) is 4.79 Å². The van der Waals surface area contributed by atoms with Gasteiger partial charge in [-0.25, -0.2) is 4.68 Å². The number of nitrogens with one attached hydrogen (secondary N) is 2. The molecule has 1 atom stereocenters. The summed E-state index contributed by atoms with van der Waals surface area (Å²) in [5, 5.41) is 10.7. The number of benzene rings is 1. The Morgan fingerprint density at radius 3 is 3.00 bits per heavy atom. The fraction of sp³-hybridized carbons (Fsp3) is 0.412. The number of amides is 1. The Morgan fingerprint density at radius 1 is 1.46 bits per heavy atom. The summed E-state index contributed by atoms with van der Waals surface area (Å²) in [6.45, 7) is 3.68. The van der Waals surface area contributed by atoms with Crippen molar-refractivity contribution in [1.82, 2.24) is 20.4 Å². The highest BCUT2D eigenvalue weighted by atomic mass is 35.5. The molecule has 0 bridgehead atoms. The lowest BCUT2D eigenvalue weighted by Crippen LogP contribution is -2.37. The monoisotopic (exact) mass is 350 g/mol. The maximum Gasteiger partial charge on any atom is 0.271 e. The van der Waals surface area contributed by atoms with Crippen LogP contribution in [0, 0.1) is 6.92 Å². The quantitative estimate of drug-likeness (QED) is 0.866. The van der Waals surface area contributed by atoms with Gasteiger partial charge < -0.3 is 15.4 Å². The molecule has 0 saturated carbocycles. The van der Waals surface area contributed by atoms with Crippen LogP contribution in [0.15, 0.2) is 30.5 Å². The Hall–Kier alpha value is -2.05. The lowest BCUT2D eigenvalue weighted by molar-refractivity contribution is 0.0945. The number of hydrogen-bond acceptors (Lipinski definition) is 4. The van der Waals surface area contributed by atoms with E-state index in [2.05, 4.69) is 15.7 Å². The van der Waals surface area contributed by atoms with Crippen LogP contribution in [-0.2, 0) is 0 Å². The zero-order valence-electron chi connectivity index (χ0n) is 13.9. The summed E-state index contributed by atoms with van der Waals surface area (Å²) < 4.78 is 7.04. The molecular weight excluding hydrogens is 328 g/mol. The summed E-state index contributed by atoms with van der Waals surface area (Å²) in [6, 6.07) is 7.96. The third kappa shape index (κ3) is 4.07. The second-order valence-electron chi connectivity index (χ2n) is 5.82. The van der Waals surface area contributed by atoms with E-state index < -0.39 is 0 Å². The van der Waals surface area contributed by atoms with Crippen molar-refractivity contribution in [2.45, 2.75) is 25.8 Å². The number of ether oxygens (including phenoxy) is 1. The van der Waals surface area contributed by atoms with E-state index in [9.17, 15) is 4.79 Å². The van der Waals surface area contributed by atoms with Gasteiger partial charge in [-0.1, -0.05) is 6.07 Å². The number of halogens is 1. The highest BCUT2D eigenvalue weighted by molar-refractivity contribution is 5.92. The molecule has 3 rings (SSSR count). The standard InChI is InChI=1S/C17H22N4O2.ClH/c1-12-5-6-16(23-2)15(10-12)21-9-7-14(20-21)17(22)19-11-13-4-3-8-18-13;/h5-7,9-10,13,18H,3-4,8,11H2,1-2H3,(H,19,22);1H. The zero-order valence-corrected chi connectivity index (χ0v) is 14.7. The van der Waals surface area contributed by atoms with Gasteiger partial charge in [0, 0.05) is 18.8 Å². The maximum atomic E-state index is 12.2. The van der Waals surface area contributed by atoms with Gasteiger partial charge in [0.05, 0.1) is 7.11 Å². The van der Waals surface area contributed by atoms with Crippen molar-refractivity contribution in [2.75, 3.05) is 20.2 Å². The van der Waals surface area contributed by atoms with Crippen molar-refractivity contribution >= 4 is 18.3 Å². The number of nitrogens with zero attached hydrogens (tertiary/aromatic N) is 2. The molecule has 1 amide bonds. The third-order valence-electron chi connectivity index (χ3n) is 4.07. The predicted octanol–water partition coefficient (Wildman–Crippen LogP) is 2.09. The van der Waals surface area contributed by atoms with E-state index in [1.54, 1.807) is 24.1 Å². The molecule has 1 saturated heterocycles. The molecule has 0 radical (unpaired) electrons. The van der Waals surface area contributed by atoms with Crippen molar-refractivity contribution in [2.24, 2.45) is 0 Å². The van der Waals surface area contributed by atoms with Crippen LogP contribution < -0.4 is 15.4 Å². The number of hydrogen-bond donors (Lipinski definition) is 2. The van der Waals surface area contributed by atoms with Crippen LogP contribution in [0.4, 0.5) is 0 Å². The Bertz CT molecular complexity index is 696. The van der Waals surface area contributed by atoms with Gasteiger partial charge in [0.2, 0.25) is 0 Å². The molecule has 2 heterocycles. The van der Waals surface area contributed by atoms with Gasteiger partial charge in [-0.2, -0.15) is 5.10 Å². The van der Waals surface area contributed by atoms with Crippen LogP contribution in [0.5, 0.6) is 5.75 Å². The number of aromatic nitrogens is 2. The molecule has 1 aromatic carbocycles. The average molecular weight is 351 g/mol. The first-order chi connectivity index (χ1) is 11.2. The normalized spacial score (nSPS) is 16.5. The third-order valence-corrected chi connectivity index (χ3v) is 4.07. The second kappa shape index (κ2) is 8.17. The van der Waals surface area contributed by atoms with Gasteiger partial charge in [0.15, 0.2) is 5.69 Å². The van der Waals surface area contributed by atoms with E-state index in [0.717, 1.165) is 30.0 Å². The molecule has 24 heavy (non-hydrogen) atoms. The molecule has 2 N–H and O–H groups in total. The van der Waals surface area contributed by atoms with Crippen LogP contribution in [0.2, 0.25) is 0 Å². The van der Waals surface area contributed by atoms with Crippen LogP contribution in [0.1, 0.15) is 28.9 Å². The Morgan fingerprint density at radius 2 is 2.29 bits per heavy atom. The van der Waals surface area contributed by atoms with Crippen LogP contribution in [-0.4, -0.2) is 41.9 Å². The number of methoxy groups -OCH3 is 1. The first kappa shape index (κ1) is 18.3.